The number of anilines is 4. The molecule has 224 valence electrons. The number of allylic oxidation sites excluding steroid dienone is 1. The molecule has 2 aromatic carbocycles. The second kappa shape index (κ2) is 16.2. The number of rotatable bonds is 16. The van der Waals surface area contributed by atoms with Crippen LogP contribution in [0.25, 0.3) is 5.57 Å². The highest BCUT2D eigenvalue weighted by atomic mass is 16.5. The Morgan fingerprint density at radius 1 is 1.12 bits per heavy atom. The van der Waals surface area contributed by atoms with Crippen molar-refractivity contribution in [2.75, 3.05) is 56.4 Å². The number of hydrogen-bond donors (Lipinski definition) is 3. The van der Waals surface area contributed by atoms with E-state index < -0.39 is 0 Å². The van der Waals surface area contributed by atoms with Crippen LogP contribution in [0.5, 0.6) is 11.5 Å². The summed E-state index contributed by atoms with van der Waals surface area (Å²) in [6.45, 7) is 12.1. The zero-order chi connectivity index (χ0) is 30.5. The second-order valence-electron chi connectivity index (χ2n) is 9.76. The van der Waals surface area contributed by atoms with E-state index in [0.717, 1.165) is 60.6 Å². The van der Waals surface area contributed by atoms with E-state index in [2.05, 4.69) is 53.5 Å². The van der Waals surface area contributed by atoms with Gasteiger partial charge in [-0.05, 0) is 56.7 Å². The van der Waals surface area contributed by atoms with Crippen molar-refractivity contribution in [3.8, 4) is 11.5 Å². The van der Waals surface area contributed by atoms with Crippen molar-refractivity contribution in [3.63, 3.8) is 0 Å². The summed E-state index contributed by atoms with van der Waals surface area (Å²) in [5, 5.41) is 9.37. The summed E-state index contributed by atoms with van der Waals surface area (Å²) in [5.41, 5.74) is 6.09. The van der Waals surface area contributed by atoms with Crippen LogP contribution in [0.1, 0.15) is 50.4 Å². The molecule has 0 aliphatic rings. The first-order valence-electron chi connectivity index (χ1n) is 14.4. The van der Waals surface area contributed by atoms with Crippen LogP contribution in [-0.2, 0) is 11.2 Å². The molecule has 0 saturated heterocycles. The molecule has 3 aromatic rings. The Labute approximate surface area is 250 Å². The third-order valence-corrected chi connectivity index (χ3v) is 6.72. The minimum atomic E-state index is -0.307. The van der Waals surface area contributed by atoms with Crippen molar-refractivity contribution >= 4 is 34.5 Å². The Balaban J connectivity index is 2.02. The Morgan fingerprint density at radius 2 is 1.93 bits per heavy atom. The van der Waals surface area contributed by atoms with Gasteiger partial charge in [-0.25, -0.2) is 9.97 Å². The average Bonchev–Trinajstić information content (AvgIpc) is 3.00. The smallest absolute Gasteiger partial charge is 0.247 e. The molecule has 0 fully saturated rings. The van der Waals surface area contributed by atoms with Crippen molar-refractivity contribution in [1.82, 2.24) is 15.3 Å². The normalized spacial score (nSPS) is 11.1. The molecule has 3 rings (SSSR count). The van der Waals surface area contributed by atoms with Crippen LogP contribution in [0.15, 0.2) is 61.3 Å². The van der Waals surface area contributed by atoms with Crippen molar-refractivity contribution in [1.29, 1.82) is 0 Å². The summed E-state index contributed by atoms with van der Waals surface area (Å²) >= 11 is 0. The SMILES string of the molecule is C=CC(=O)Nc1cc(Nc2nccc(/C(=C/C)c3cccc(OCCC)c3CCC)n2)c(OC)cc1N(C)CCNC. The van der Waals surface area contributed by atoms with Crippen LogP contribution in [-0.4, -0.2) is 56.8 Å². The fraction of sp³-hybridized carbons (Fsp3) is 0.364. The van der Waals surface area contributed by atoms with Crippen LogP contribution in [0.3, 0.4) is 0 Å². The van der Waals surface area contributed by atoms with Crippen molar-refractivity contribution < 1.29 is 14.3 Å². The number of benzene rings is 2. The minimum Gasteiger partial charge on any atom is -0.494 e. The van der Waals surface area contributed by atoms with Gasteiger partial charge in [-0.2, -0.15) is 0 Å². The number of methoxy groups -OCH3 is 1. The highest BCUT2D eigenvalue weighted by Gasteiger charge is 2.18. The monoisotopic (exact) mass is 572 g/mol. The van der Waals surface area contributed by atoms with Gasteiger partial charge in [0.2, 0.25) is 11.9 Å². The van der Waals surface area contributed by atoms with Crippen molar-refractivity contribution in [2.45, 2.75) is 40.0 Å². The van der Waals surface area contributed by atoms with Gasteiger partial charge in [0.15, 0.2) is 0 Å². The topological polar surface area (TPSA) is 101 Å². The fourth-order valence-corrected chi connectivity index (χ4v) is 4.64. The molecule has 9 heteroatoms. The number of likely N-dealkylation sites (N-methyl/N-ethyl adjacent to an activating group) is 2. The fourth-order valence-electron chi connectivity index (χ4n) is 4.64. The molecular weight excluding hydrogens is 528 g/mol. The van der Waals surface area contributed by atoms with Gasteiger partial charge in [0, 0.05) is 43.5 Å². The summed E-state index contributed by atoms with van der Waals surface area (Å²) in [6, 6.07) is 11.8. The van der Waals surface area contributed by atoms with Gasteiger partial charge in [0.25, 0.3) is 0 Å². The Bertz CT molecular complexity index is 1390. The van der Waals surface area contributed by atoms with E-state index in [-0.39, 0.29) is 5.91 Å². The molecule has 0 bridgehead atoms. The standard InChI is InChI=1S/C33H44N6O3/c1-8-13-25-24(14-12-15-30(25)42-20-9-2)23(10-3)26-16-17-35-33(37-26)38-28-21-27(36-32(40)11-4)29(22-31(28)41-7)39(6)19-18-34-5/h10-12,14-17,21-22,34H,4,8-9,13,18-20H2,1-3,5-7H3,(H,36,40)(H,35,37,38)/b23-10+. The predicted molar refractivity (Wildman–Crippen MR) is 173 cm³/mol. The molecule has 0 atom stereocenters. The van der Waals surface area contributed by atoms with E-state index in [4.69, 9.17) is 14.5 Å². The van der Waals surface area contributed by atoms with E-state index in [1.807, 2.05) is 56.3 Å². The summed E-state index contributed by atoms with van der Waals surface area (Å²) in [4.78, 5) is 23.7. The molecule has 42 heavy (non-hydrogen) atoms. The Kier molecular flexibility index (Phi) is 12.4. The highest BCUT2D eigenvalue weighted by Crippen LogP contribution is 2.38. The van der Waals surface area contributed by atoms with Gasteiger partial charge in [0.05, 0.1) is 36.5 Å². The molecule has 0 saturated carbocycles. The molecule has 0 unspecified atom stereocenters. The van der Waals surface area contributed by atoms with Crippen molar-refractivity contribution in [3.05, 3.63) is 78.1 Å². The van der Waals surface area contributed by atoms with Gasteiger partial charge >= 0.3 is 0 Å². The lowest BCUT2D eigenvalue weighted by Gasteiger charge is -2.24. The van der Waals surface area contributed by atoms with Crippen LogP contribution in [0.2, 0.25) is 0 Å². The second-order valence-corrected chi connectivity index (χ2v) is 9.76. The number of carbonyl (C=O) groups is 1. The summed E-state index contributed by atoms with van der Waals surface area (Å²) < 4.78 is 11.8. The van der Waals surface area contributed by atoms with E-state index >= 15 is 0 Å². The predicted octanol–water partition coefficient (Wildman–Crippen LogP) is 6.20. The highest BCUT2D eigenvalue weighted by molar-refractivity contribution is 6.02. The quantitative estimate of drug-likeness (QED) is 0.174. The van der Waals surface area contributed by atoms with Crippen LogP contribution in [0.4, 0.5) is 23.0 Å². The third-order valence-electron chi connectivity index (χ3n) is 6.72. The van der Waals surface area contributed by atoms with Gasteiger partial charge in [0.1, 0.15) is 11.5 Å². The number of hydrogen-bond acceptors (Lipinski definition) is 8. The van der Waals surface area contributed by atoms with E-state index in [1.165, 1.54) is 11.6 Å². The molecule has 3 N–H and O–H groups in total. The van der Waals surface area contributed by atoms with Gasteiger partial charge in [-0.1, -0.05) is 45.1 Å². The number of carbonyl (C=O) groups excluding carboxylic acids is 1. The van der Waals surface area contributed by atoms with Crippen LogP contribution >= 0.6 is 0 Å². The number of ether oxygens (including phenoxy) is 2. The summed E-state index contributed by atoms with van der Waals surface area (Å²) in [6.07, 6.45) is 7.89. The molecule has 9 nitrogen and oxygen atoms in total. The molecule has 1 aromatic heterocycles. The molecule has 0 aliphatic heterocycles. The largest absolute Gasteiger partial charge is 0.494 e. The lowest BCUT2D eigenvalue weighted by atomic mass is 9.93. The molecule has 1 heterocycles. The van der Waals surface area contributed by atoms with Gasteiger partial charge in [-0.3, -0.25) is 4.79 Å². The maximum atomic E-state index is 12.3. The zero-order valence-corrected chi connectivity index (χ0v) is 25.7. The lowest BCUT2D eigenvalue weighted by Crippen LogP contribution is -2.28. The van der Waals surface area contributed by atoms with Crippen LogP contribution in [0, 0.1) is 0 Å². The number of amides is 1. The van der Waals surface area contributed by atoms with E-state index in [9.17, 15) is 4.79 Å². The Morgan fingerprint density at radius 3 is 2.60 bits per heavy atom. The molecule has 1 amide bonds. The first-order chi connectivity index (χ1) is 20.4. The summed E-state index contributed by atoms with van der Waals surface area (Å²) in [7, 11) is 5.47. The molecular formula is C33H44N6O3. The lowest BCUT2D eigenvalue weighted by molar-refractivity contribution is -0.111. The maximum absolute atomic E-state index is 12.3. The molecule has 0 spiro atoms. The van der Waals surface area contributed by atoms with Gasteiger partial charge in [-0.15, -0.1) is 0 Å². The number of aromatic nitrogens is 2. The van der Waals surface area contributed by atoms with E-state index in [0.29, 0.717) is 29.7 Å². The van der Waals surface area contributed by atoms with Gasteiger partial charge < -0.3 is 30.3 Å². The first kappa shape index (κ1) is 32.1. The third kappa shape index (κ3) is 8.10. The molecule has 0 aliphatic carbocycles. The zero-order valence-electron chi connectivity index (χ0n) is 25.7. The number of nitrogens with zero attached hydrogens (tertiary/aromatic N) is 3. The van der Waals surface area contributed by atoms with Crippen molar-refractivity contribution in [2.24, 2.45) is 0 Å². The molecule has 0 radical (unpaired) electrons. The van der Waals surface area contributed by atoms with E-state index in [1.54, 1.807) is 13.3 Å². The maximum Gasteiger partial charge on any atom is 0.247 e. The van der Waals surface area contributed by atoms with Crippen LogP contribution < -0.4 is 30.3 Å². The number of nitrogens with one attached hydrogen (secondary N) is 3. The average molecular weight is 573 g/mol. The first-order valence-corrected chi connectivity index (χ1v) is 14.4. The summed E-state index contributed by atoms with van der Waals surface area (Å²) in [5.74, 6) is 1.60. The Hall–Kier alpha value is -4.37. The minimum absolute atomic E-state index is 0.307.